The van der Waals surface area contributed by atoms with E-state index in [2.05, 4.69) is 15.3 Å². The largest absolute Gasteiger partial charge is 0.354 e. The van der Waals surface area contributed by atoms with Crippen LogP contribution < -0.4 is 5.32 Å². The molecule has 0 unspecified atom stereocenters. The van der Waals surface area contributed by atoms with Crippen LogP contribution in [0, 0.1) is 0 Å². The van der Waals surface area contributed by atoms with Crippen molar-refractivity contribution in [2.45, 2.75) is 38.6 Å². The van der Waals surface area contributed by atoms with Crippen molar-refractivity contribution in [3.8, 4) is 0 Å². The summed E-state index contributed by atoms with van der Waals surface area (Å²) in [7, 11) is 0. The monoisotopic (exact) mass is 340 g/mol. The van der Waals surface area contributed by atoms with Gasteiger partial charge < -0.3 is 9.88 Å². The van der Waals surface area contributed by atoms with E-state index >= 15 is 0 Å². The number of amides is 1. The summed E-state index contributed by atoms with van der Waals surface area (Å²) in [4.78, 5) is 22.9. The Morgan fingerprint density at radius 2 is 2.25 bits per heavy atom. The topological polar surface area (TPSA) is 59.8 Å². The van der Waals surface area contributed by atoms with Crippen LogP contribution in [0.5, 0.6) is 0 Å². The zero-order chi connectivity index (χ0) is 16.5. The maximum absolute atomic E-state index is 12.4. The van der Waals surface area contributed by atoms with Crippen LogP contribution in [0.25, 0.3) is 11.0 Å². The van der Waals surface area contributed by atoms with Gasteiger partial charge >= 0.3 is 0 Å². The van der Waals surface area contributed by atoms with E-state index in [0.29, 0.717) is 6.54 Å². The average molecular weight is 340 g/mol. The smallest absolute Gasteiger partial charge is 0.242 e. The van der Waals surface area contributed by atoms with Gasteiger partial charge in [-0.3, -0.25) is 4.79 Å². The molecule has 0 spiro atoms. The van der Waals surface area contributed by atoms with Gasteiger partial charge in [-0.25, -0.2) is 9.97 Å². The zero-order valence-corrected chi connectivity index (χ0v) is 14.5. The highest BCUT2D eigenvalue weighted by Crippen LogP contribution is 2.27. The number of rotatable bonds is 5. The Labute approximate surface area is 144 Å². The van der Waals surface area contributed by atoms with Crippen molar-refractivity contribution >= 4 is 28.3 Å². The van der Waals surface area contributed by atoms with E-state index < -0.39 is 0 Å². The maximum Gasteiger partial charge on any atom is 0.242 e. The molecule has 5 nitrogen and oxygen atoms in total. The molecule has 1 aliphatic carbocycles. The molecule has 1 amide bonds. The van der Waals surface area contributed by atoms with Crippen LogP contribution in [0.15, 0.2) is 30.6 Å². The zero-order valence-electron chi connectivity index (χ0n) is 13.7. The van der Waals surface area contributed by atoms with Gasteiger partial charge in [0.1, 0.15) is 6.04 Å². The summed E-state index contributed by atoms with van der Waals surface area (Å²) in [6.45, 7) is 2.53. The van der Waals surface area contributed by atoms with E-state index in [-0.39, 0.29) is 11.9 Å². The third kappa shape index (κ3) is 2.82. The Morgan fingerprint density at radius 1 is 1.38 bits per heavy atom. The minimum Gasteiger partial charge on any atom is -0.354 e. The molecule has 4 rings (SSSR count). The van der Waals surface area contributed by atoms with E-state index in [1.807, 2.05) is 35.8 Å². The fourth-order valence-corrected chi connectivity index (χ4v) is 4.36. The average Bonchev–Trinajstić information content (AvgIpc) is 3.28. The van der Waals surface area contributed by atoms with Gasteiger partial charge in [0, 0.05) is 17.8 Å². The van der Waals surface area contributed by atoms with Gasteiger partial charge in [-0.1, -0.05) is 12.1 Å². The molecular weight excluding hydrogens is 320 g/mol. The highest BCUT2D eigenvalue weighted by Gasteiger charge is 2.18. The van der Waals surface area contributed by atoms with Gasteiger partial charge in [0.05, 0.1) is 28.1 Å². The summed E-state index contributed by atoms with van der Waals surface area (Å²) in [6, 6.07) is 7.59. The molecule has 1 N–H and O–H groups in total. The van der Waals surface area contributed by atoms with Crippen molar-refractivity contribution in [3.05, 3.63) is 46.2 Å². The molecule has 24 heavy (non-hydrogen) atoms. The lowest BCUT2D eigenvalue weighted by Gasteiger charge is -2.14. The summed E-state index contributed by atoms with van der Waals surface area (Å²) >= 11 is 1.80. The number of fused-ring (bicyclic) bond motifs is 2. The van der Waals surface area contributed by atoms with E-state index in [1.165, 1.54) is 23.4 Å². The number of aromatic nitrogens is 3. The van der Waals surface area contributed by atoms with Crippen LogP contribution in [-0.2, 0) is 24.1 Å². The number of para-hydroxylation sites is 2. The molecule has 0 fully saturated rings. The van der Waals surface area contributed by atoms with Gasteiger partial charge in [-0.2, -0.15) is 0 Å². The van der Waals surface area contributed by atoms with E-state index in [0.717, 1.165) is 28.9 Å². The Kier molecular flexibility index (Phi) is 4.06. The molecule has 6 heteroatoms. The lowest BCUT2D eigenvalue weighted by molar-refractivity contribution is -0.123. The van der Waals surface area contributed by atoms with Crippen molar-refractivity contribution in [1.29, 1.82) is 0 Å². The minimum absolute atomic E-state index is 0.0160. The molecular formula is C18H20N4OS. The number of nitrogens with one attached hydrogen (secondary N) is 1. The molecule has 1 atom stereocenters. The van der Waals surface area contributed by atoms with Gasteiger partial charge in [-0.05, 0) is 38.3 Å². The number of thiazole rings is 1. The molecule has 3 aromatic rings. The lowest BCUT2D eigenvalue weighted by atomic mass is 10.2. The number of imidazole rings is 1. The normalized spacial score (nSPS) is 14.7. The number of carbonyl (C=O) groups is 1. The number of hydrogen-bond acceptors (Lipinski definition) is 4. The van der Waals surface area contributed by atoms with Crippen molar-refractivity contribution < 1.29 is 4.79 Å². The van der Waals surface area contributed by atoms with Crippen LogP contribution in [-0.4, -0.2) is 27.0 Å². The summed E-state index contributed by atoms with van der Waals surface area (Å²) in [6.07, 6.45) is 6.07. The second kappa shape index (κ2) is 6.36. The van der Waals surface area contributed by atoms with Crippen LogP contribution in [0.4, 0.5) is 0 Å². The number of hydrogen-bond donors (Lipinski definition) is 1. The minimum atomic E-state index is -0.279. The van der Waals surface area contributed by atoms with Crippen molar-refractivity contribution in [2.24, 2.45) is 0 Å². The maximum atomic E-state index is 12.4. The molecule has 1 aromatic carbocycles. The van der Waals surface area contributed by atoms with E-state index in [9.17, 15) is 4.79 Å². The Bertz CT molecular complexity index is 861. The molecule has 0 radical (unpaired) electrons. The Balaban J connectivity index is 1.37. The SMILES string of the molecule is C[C@H](C(=O)NCCc1nc2c(s1)CCC2)n1cnc2ccccc21. The predicted octanol–water partition coefficient (Wildman–Crippen LogP) is 2.90. The molecule has 0 saturated carbocycles. The molecule has 124 valence electrons. The summed E-state index contributed by atoms with van der Waals surface area (Å²) in [5, 5.41) is 4.17. The first kappa shape index (κ1) is 15.3. The van der Waals surface area contributed by atoms with Crippen LogP contribution >= 0.6 is 11.3 Å². The third-order valence-corrected chi connectivity index (χ3v) is 5.77. The second-order valence-corrected chi connectivity index (χ2v) is 7.36. The van der Waals surface area contributed by atoms with Gasteiger partial charge in [0.15, 0.2) is 0 Å². The molecule has 0 aliphatic heterocycles. The highest BCUT2D eigenvalue weighted by molar-refractivity contribution is 7.11. The van der Waals surface area contributed by atoms with E-state index in [1.54, 1.807) is 17.7 Å². The number of nitrogens with zero attached hydrogens (tertiary/aromatic N) is 3. The fourth-order valence-electron chi connectivity index (χ4n) is 3.20. The molecule has 1 aliphatic rings. The van der Waals surface area contributed by atoms with Crippen molar-refractivity contribution in [1.82, 2.24) is 19.9 Å². The van der Waals surface area contributed by atoms with Gasteiger partial charge in [0.2, 0.25) is 5.91 Å². The van der Waals surface area contributed by atoms with Gasteiger partial charge in [-0.15, -0.1) is 11.3 Å². The highest BCUT2D eigenvalue weighted by atomic mass is 32.1. The molecule has 0 saturated heterocycles. The summed E-state index contributed by atoms with van der Waals surface area (Å²) in [5.74, 6) is 0.0160. The first-order valence-corrected chi connectivity index (χ1v) is 9.21. The number of aryl methyl sites for hydroxylation is 2. The van der Waals surface area contributed by atoms with E-state index in [4.69, 9.17) is 0 Å². The third-order valence-electron chi connectivity index (χ3n) is 4.56. The Morgan fingerprint density at radius 3 is 3.12 bits per heavy atom. The number of benzene rings is 1. The van der Waals surface area contributed by atoms with Crippen LogP contribution in [0.2, 0.25) is 0 Å². The van der Waals surface area contributed by atoms with Crippen LogP contribution in [0.1, 0.15) is 35.0 Å². The van der Waals surface area contributed by atoms with Crippen LogP contribution in [0.3, 0.4) is 0 Å². The van der Waals surface area contributed by atoms with Gasteiger partial charge in [0.25, 0.3) is 0 Å². The van der Waals surface area contributed by atoms with Crippen molar-refractivity contribution in [2.75, 3.05) is 6.54 Å². The fraction of sp³-hybridized carbons (Fsp3) is 0.389. The quantitative estimate of drug-likeness (QED) is 0.777. The molecule has 0 bridgehead atoms. The Hall–Kier alpha value is -2.21. The summed E-state index contributed by atoms with van der Waals surface area (Å²) < 4.78 is 1.92. The first-order chi connectivity index (χ1) is 11.7. The standard InChI is InChI=1S/C18H20N4OS/c1-12(22-11-20-13-5-2-3-7-15(13)22)18(23)19-10-9-17-21-14-6-4-8-16(14)24-17/h2-3,5,7,11-12H,4,6,8-10H2,1H3,(H,19,23)/t12-/m1/s1. The first-order valence-electron chi connectivity index (χ1n) is 8.39. The molecule has 2 heterocycles. The predicted molar refractivity (Wildman–Crippen MR) is 95.3 cm³/mol. The summed E-state index contributed by atoms with van der Waals surface area (Å²) in [5.41, 5.74) is 3.17. The second-order valence-electron chi connectivity index (χ2n) is 6.19. The molecule has 2 aromatic heterocycles. The lowest BCUT2D eigenvalue weighted by Crippen LogP contribution is -2.32. The number of carbonyl (C=O) groups excluding carboxylic acids is 1. The van der Waals surface area contributed by atoms with Crippen molar-refractivity contribution in [3.63, 3.8) is 0 Å².